The van der Waals surface area contributed by atoms with Crippen molar-refractivity contribution in [2.45, 2.75) is 32.1 Å². The fourth-order valence-corrected chi connectivity index (χ4v) is 5.81. The van der Waals surface area contributed by atoms with Crippen LogP contribution in [0.3, 0.4) is 0 Å². The fraction of sp³-hybridized carbons (Fsp3) is 0.440. The Labute approximate surface area is 188 Å². The Bertz CT molecular complexity index is 1110. The summed E-state index contributed by atoms with van der Waals surface area (Å²) in [5.41, 5.74) is 3.62. The summed E-state index contributed by atoms with van der Waals surface area (Å²) in [6.45, 7) is 9.48. The van der Waals surface area contributed by atoms with E-state index in [1.807, 2.05) is 11.9 Å². The van der Waals surface area contributed by atoms with Gasteiger partial charge in [-0.2, -0.15) is 4.37 Å². The molecule has 0 aliphatic carbocycles. The Morgan fingerprint density at radius 1 is 1.03 bits per heavy atom. The summed E-state index contributed by atoms with van der Waals surface area (Å²) in [6, 6.07) is 15.1. The Morgan fingerprint density at radius 2 is 1.81 bits per heavy atom. The van der Waals surface area contributed by atoms with E-state index in [1.165, 1.54) is 21.2 Å². The van der Waals surface area contributed by atoms with Crippen LogP contribution in [0.1, 0.15) is 31.4 Å². The van der Waals surface area contributed by atoms with E-state index in [-0.39, 0.29) is 11.3 Å². The van der Waals surface area contributed by atoms with E-state index in [0.29, 0.717) is 6.42 Å². The molecule has 31 heavy (non-hydrogen) atoms. The Kier molecular flexibility index (Phi) is 5.22. The standard InChI is InChI=1S/C25H30N4OS/c1-25(2)17-22(30)27(3)23-18(7-6-9-20(23)25)11-12-28-13-15-29(16-14-28)24-19-8-4-5-10-21(19)31-26-24/h4-10H,11-17H2,1-3H3. The number of carbonyl (C=O) groups excluding carboxylic acids is 1. The van der Waals surface area contributed by atoms with E-state index in [4.69, 9.17) is 4.37 Å². The van der Waals surface area contributed by atoms with Gasteiger partial charge in [0, 0.05) is 57.0 Å². The maximum Gasteiger partial charge on any atom is 0.227 e. The smallest absolute Gasteiger partial charge is 0.227 e. The number of hydrogen-bond acceptors (Lipinski definition) is 5. The highest BCUT2D eigenvalue weighted by molar-refractivity contribution is 7.13. The van der Waals surface area contributed by atoms with Gasteiger partial charge in [-0.15, -0.1) is 0 Å². The minimum absolute atomic E-state index is 0.100. The van der Waals surface area contributed by atoms with Crippen LogP contribution in [0, 0.1) is 0 Å². The zero-order valence-corrected chi connectivity index (χ0v) is 19.4. The van der Waals surface area contributed by atoms with Crippen LogP contribution in [-0.4, -0.2) is 55.0 Å². The van der Waals surface area contributed by atoms with E-state index in [9.17, 15) is 4.79 Å². The molecule has 0 radical (unpaired) electrons. The lowest BCUT2D eigenvalue weighted by Crippen LogP contribution is -2.47. The number of piperazine rings is 1. The molecule has 0 N–H and O–H groups in total. The summed E-state index contributed by atoms with van der Waals surface area (Å²) in [7, 11) is 1.93. The number of benzene rings is 2. The van der Waals surface area contributed by atoms with Crippen molar-refractivity contribution < 1.29 is 4.79 Å². The maximum atomic E-state index is 12.6. The molecule has 2 aliphatic rings. The summed E-state index contributed by atoms with van der Waals surface area (Å²) < 4.78 is 5.99. The lowest BCUT2D eigenvalue weighted by atomic mass is 9.76. The summed E-state index contributed by atoms with van der Waals surface area (Å²) in [5, 5.41) is 1.27. The average Bonchev–Trinajstić information content (AvgIpc) is 3.20. The first-order valence-electron chi connectivity index (χ1n) is 11.1. The number of amides is 1. The van der Waals surface area contributed by atoms with Gasteiger partial charge in [-0.25, -0.2) is 0 Å². The van der Waals surface area contributed by atoms with Gasteiger partial charge in [0.15, 0.2) is 0 Å². The van der Waals surface area contributed by atoms with Crippen molar-refractivity contribution in [1.29, 1.82) is 0 Å². The molecule has 162 valence electrons. The molecule has 0 unspecified atom stereocenters. The van der Waals surface area contributed by atoms with Crippen LogP contribution in [0.4, 0.5) is 11.5 Å². The molecule has 3 aromatic rings. The van der Waals surface area contributed by atoms with Crippen molar-refractivity contribution in [2.75, 3.05) is 49.6 Å². The first kappa shape index (κ1) is 20.5. The third kappa shape index (κ3) is 3.72. The van der Waals surface area contributed by atoms with Crippen LogP contribution in [-0.2, 0) is 16.6 Å². The van der Waals surface area contributed by atoms with Gasteiger partial charge in [-0.05, 0) is 41.2 Å². The van der Waals surface area contributed by atoms with Crippen molar-refractivity contribution in [1.82, 2.24) is 9.27 Å². The normalized spacial score (nSPS) is 19.1. The zero-order valence-electron chi connectivity index (χ0n) is 18.6. The van der Waals surface area contributed by atoms with Crippen molar-refractivity contribution in [3.63, 3.8) is 0 Å². The number of carbonyl (C=O) groups is 1. The van der Waals surface area contributed by atoms with Gasteiger partial charge < -0.3 is 9.80 Å². The Hall–Kier alpha value is -2.44. The zero-order chi connectivity index (χ0) is 21.6. The van der Waals surface area contributed by atoms with E-state index >= 15 is 0 Å². The van der Waals surface area contributed by atoms with Crippen LogP contribution in [0.25, 0.3) is 10.1 Å². The van der Waals surface area contributed by atoms with Crippen molar-refractivity contribution in [3.05, 3.63) is 53.6 Å². The van der Waals surface area contributed by atoms with Crippen molar-refractivity contribution in [2.24, 2.45) is 0 Å². The molecular weight excluding hydrogens is 404 g/mol. The fourth-order valence-electron chi connectivity index (χ4n) is 5.01. The highest BCUT2D eigenvalue weighted by Gasteiger charge is 2.36. The summed E-state index contributed by atoms with van der Waals surface area (Å²) in [4.78, 5) is 19.4. The first-order chi connectivity index (χ1) is 14.9. The lowest BCUT2D eigenvalue weighted by Gasteiger charge is -2.39. The Morgan fingerprint density at radius 3 is 2.61 bits per heavy atom. The molecule has 3 heterocycles. The monoisotopic (exact) mass is 434 g/mol. The van der Waals surface area contributed by atoms with Gasteiger partial charge in [0.1, 0.15) is 5.82 Å². The molecule has 2 aromatic carbocycles. The molecule has 1 saturated heterocycles. The minimum atomic E-state index is -0.100. The topological polar surface area (TPSA) is 39.7 Å². The second kappa shape index (κ2) is 7.92. The second-order valence-corrected chi connectivity index (χ2v) is 10.2. The second-order valence-electron chi connectivity index (χ2n) is 9.41. The molecule has 0 atom stereocenters. The van der Waals surface area contributed by atoms with Gasteiger partial charge >= 0.3 is 0 Å². The van der Waals surface area contributed by atoms with Crippen molar-refractivity contribution in [3.8, 4) is 0 Å². The highest BCUT2D eigenvalue weighted by Crippen LogP contribution is 2.41. The molecule has 1 amide bonds. The van der Waals surface area contributed by atoms with Gasteiger partial charge in [0.05, 0.1) is 10.4 Å². The number of anilines is 2. The SMILES string of the molecule is CN1C(=O)CC(C)(C)c2cccc(CCN3CCN(c4nsc5ccccc45)CC3)c21. The lowest BCUT2D eigenvalue weighted by molar-refractivity contribution is -0.119. The maximum absolute atomic E-state index is 12.6. The van der Waals surface area contributed by atoms with Crippen molar-refractivity contribution >= 4 is 39.0 Å². The number of hydrogen-bond donors (Lipinski definition) is 0. The van der Waals surface area contributed by atoms with Gasteiger partial charge in [-0.3, -0.25) is 9.69 Å². The van der Waals surface area contributed by atoms with Crippen LogP contribution in [0.2, 0.25) is 0 Å². The third-order valence-electron chi connectivity index (χ3n) is 6.88. The summed E-state index contributed by atoms with van der Waals surface area (Å²) >= 11 is 1.59. The summed E-state index contributed by atoms with van der Waals surface area (Å²) in [5.74, 6) is 1.36. The van der Waals surface area contributed by atoms with E-state index < -0.39 is 0 Å². The largest absolute Gasteiger partial charge is 0.353 e. The average molecular weight is 435 g/mol. The van der Waals surface area contributed by atoms with Crippen LogP contribution in [0.15, 0.2) is 42.5 Å². The molecule has 0 bridgehead atoms. The molecule has 5 rings (SSSR count). The molecule has 1 fully saturated rings. The van der Waals surface area contributed by atoms with Crippen LogP contribution < -0.4 is 9.80 Å². The van der Waals surface area contributed by atoms with E-state index in [2.05, 4.69) is 66.1 Å². The van der Waals surface area contributed by atoms with E-state index in [1.54, 1.807) is 11.5 Å². The highest BCUT2D eigenvalue weighted by atomic mass is 32.1. The van der Waals surface area contributed by atoms with E-state index in [0.717, 1.165) is 50.6 Å². The molecule has 0 saturated carbocycles. The number of rotatable bonds is 4. The molecule has 5 nitrogen and oxygen atoms in total. The first-order valence-corrected chi connectivity index (χ1v) is 11.9. The molecule has 0 spiro atoms. The van der Waals surface area contributed by atoms with Gasteiger partial charge in [0.25, 0.3) is 0 Å². The minimum Gasteiger partial charge on any atom is -0.353 e. The molecule has 1 aromatic heterocycles. The Balaban J connectivity index is 1.26. The number of nitrogens with zero attached hydrogens (tertiary/aromatic N) is 4. The number of aromatic nitrogens is 1. The molecule has 2 aliphatic heterocycles. The molecule has 6 heteroatoms. The number of fused-ring (bicyclic) bond motifs is 2. The predicted octanol–water partition coefficient (Wildman–Crippen LogP) is 4.31. The number of para-hydroxylation sites is 1. The quantitative estimate of drug-likeness (QED) is 0.614. The summed E-state index contributed by atoms with van der Waals surface area (Å²) in [6.07, 6.45) is 1.55. The van der Waals surface area contributed by atoms with Gasteiger partial charge in [-0.1, -0.05) is 44.2 Å². The third-order valence-corrected chi connectivity index (χ3v) is 7.70. The molecular formula is C25H30N4OS. The van der Waals surface area contributed by atoms with Crippen LogP contribution in [0.5, 0.6) is 0 Å². The predicted molar refractivity (Wildman–Crippen MR) is 129 cm³/mol. The van der Waals surface area contributed by atoms with Crippen LogP contribution >= 0.6 is 11.5 Å². The van der Waals surface area contributed by atoms with Gasteiger partial charge in [0.2, 0.25) is 5.91 Å².